The molecular formula is C8H9BrF2N2S. The molecule has 1 saturated carbocycles. The molecular weight excluding hydrogens is 274 g/mol. The first-order valence-corrected chi connectivity index (χ1v) is 6.07. The zero-order valence-corrected chi connectivity index (χ0v) is 9.74. The molecule has 0 amide bonds. The fraction of sp³-hybridized carbons (Fsp3) is 0.750. The molecule has 0 spiro atoms. The minimum absolute atomic E-state index is 0.0190. The van der Waals surface area contributed by atoms with E-state index in [1.165, 1.54) is 11.3 Å². The summed E-state index contributed by atoms with van der Waals surface area (Å²) in [6, 6.07) is 0. The van der Waals surface area contributed by atoms with Crippen LogP contribution in [0.3, 0.4) is 0 Å². The standard InChI is InChI=1S/C8H9BrF2N2S/c9-7-13-12-6(14-7)5-3-1-2-4-8(5,10)11/h5H,1-4H2. The summed E-state index contributed by atoms with van der Waals surface area (Å²) in [6.07, 6.45) is 1.98. The van der Waals surface area contributed by atoms with Gasteiger partial charge in [0.2, 0.25) is 0 Å². The molecule has 1 aliphatic rings. The van der Waals surface area contributed by atoms with E-state index in [0.717, 1.165) is 6.42 Å². The molecule has 2 nitrogen and oxygen atoms in total. The monoisotopic (exact) mass is 282 g/mol. The minimum Gasteiger partial charge on any atom is -0.206 e. The van der Waals surface area contributed by atoms with Crippen molar-refractivity contribution in [2.45, 2.75) is 37.5 Å². The van der Waals surface area contributed by atoms with E-state index in [1.54, 1.807) is 0 Å². The van der Waals surface area contributed by atoms with Crippen LogP contribution in [0.1, 0.15) is 36.6 Å². The molecule has 6 heteroatoms. The first-order valence-electron chi connectivity index (χ1n) is 4.46. The Balaban J connectivity index is 2.23. The van der Waals surface area contributed by atoms with E-state index < -0.39 is 11.8 Å². The predicted octanol–water partition coefficient (Wildman–Crippen LogP) is 3.59. The summed E-state index contributed by atoms with van der Waals surface area (Å²) in [5, 5.41) is 7.95. The van der Waals surface area contributed by atoms with E-state index in [-0.39, 0.29) is 6.42 Å². The van der Waals surface area contributed by atoms with Crippen LogP contribution in [0.2, 0.25) is 0 Å². The lowest BCUT2D eigenvalue weighted by atomic mass is 9.86. The van der Waals surface area contributed by atoms with Crippen molar-refractivity contribution >= 4 is 27.3 Å². The summed E-state index contributed by atoms with van der Waals surface area (Å²) >= 11 is 4.35. The van der Waals surface area contributed by atoms with Gasteiger partial charge in [-0.25, -0.2) is 8.78 Å². The molecule has 0 bridgehead atoms. The van der Waals surface area contributed by atoms with Gasteiger partial charge in [0.05, 0.1) is 5.92 Å². The Morgan fingerprint density at radius 2 is 2.14 bits per heavy atom. The van der Waals surface area contributed by atoms with E-state index in [9.17, 15) is 8.78 Å². The number of rotatable bonds is 1. The van der Waals surface area contributed by atoms with Gasteiger partial charge in [-0.3, -0.25) is 0 Å². The van der Waals surface area contributed by atoms with Crippen LogP contribution in [0.4, 0.5) is 8.78 Å². The van der Waals surface area contributed by atoms with Gasteiger partial charge in [-0.1, -0.05) is 17.8 Å². The zero-order chi connectivity index (χ0) is 10.2. The second-order valence-electron chi connectivity index (χ2n) is 3.45. The molecule has 14 heavy (non-hydrogen) atoms. The second-order valence-corrected chi connectivity index (χ2v) is 5.74. The Hall–Kier alpha value is -0.100. The lowest BCUT2D eigenvalue weighted by Crippen LogP contribution is -2.29. The Kier molecular flexibility index (Phi) is 2.83. The zero-order valence-electron chi connectivity index (χ0n) is 7.34. The quantitative estimate of drug-likeness (QED) is 0.787. The van der Waals surface area contributed by atoms with E-state index in [2.05, 4.69) is 26.1 Å². The molecule has 0 N–H and O–H groups in total. The van der Waals surface area contributed by atoms with Crippen molar-refractivity contribution in [1.29, 1.82) is 0 Å². The highest BCUT2D eigenvalue weighted by atomic mass is 79.9. The number of halogens is 3. The van der Waals surface area contributed by atoms with E-state index in [1.807, 2.05) is 0 Å². The molecule has 0 aromatic carbocycles. The summed E-state index contributed by atoms with van der Waals surface area (Å²) in [4.78, 5) is 0. The van der Waals surface area contributed by atoms with Crippen molar-refractivity contribution in [1.82, 2.24) is 10.2 Å². The summed E-state index contributed by atoms with van der Waals surface area (Å²) in [5.74, 6) is -3.32. The Labute approximate surface area is 92.9 Å². The third-order valence-corrected chi connectivity index (χ3v) is 3.95. The van der Waals surface area contributed by atoms with Gasteiger partial charge in [-0.2, -0.15) is 0 Å². The number of aromatic nitrogens is 2. The third-order valence-electron chi connectivity index (χ3n) is 2.48. The van der Waals surface area contributed by atoms with Crippen molar-refractivity contribution in [3.8, 4) is 0 Å². The maximum Gasteiger partial charge on any atom is 0.257 e. The molecule has 1 heterocycles. The Bertz CT molecular complexity index is 329. The summed E-state index contributed by atoms with van der Waals surface area (Å²) in [5.41, 5.74) is 0. The first-order chi connectivity index (χ1) is 6.59. The second kappa shape index (κ2) is 3.81. The Morgan fingerprint density at radius 3 is 2.71 bits per heavy atom. The number of hydrogen-bond donors (Lipinski definition) is 0. The van der Waals surface area contributed by atoms with Crippen molar-refractivity contribution in [2.75, 3.05) is 0 Å². The molecule has 0 radical (unpaired) electrons. The van der Waals surface area contributed by atoms with Crippen LogP contribution in [-0.2, 0) is 0 Å². The molecule has 0 saturated heterocycles. The smallest absolute Gasteiger partial charge is 0.206 e. The normalized spacial score (nSPS) is 26.4. The average Bonchev–Trinajstić information content (AvgIpc) is 2.51. The van der Waals surface area contributed by atoms with Crippen LogP contribution in [0, 0.1) is 0 Å². The van der Waals surface area contributed by atoms with Gasteiger partial charge in [-0.15, -0.1) is 10.2 Å². The van der Waals surface area contributed by atoms with Crippen LogP contribution < -0.4 is 0 Å². The van der Waals surface area contributed by atoms with Crippen LogP contribution >= 0.6 is 27.3 Å². The largest absolute Gasteiger partial charge is 0.257 e. The van der Waals surface area contributed by atoms with E-state index >= 15 is 0 Å². The maximum atomic E-state index is 13.5. The number of hydrogen-bond acceptors (Lipinski definition) is 3. The van der Waals surface area contributed by atoms with Crippen molar-refractivity contribution in [3.05, 3.63) is 8.92 Å². The van der Waals surface area contributed by atoms with Gasteiger partial charge in [0.15, 0.2) is 3.92 Å². The molecule has 1 aromatic heterocycles. The molecule has 2 rings (SSSR count). The van der Waals surface area contributed by atoms with Crippen molar-refractivity contribution < 1.29 is 8.78 Å². The molecule has 0 aliphatic heterocycles. The highest BCUT2D eigenvalue weighted by Gasteiger charge is 2.44. The predicted molar refractivity (Wildman–Crippen MR) is 53.8 cm³/mol. The van der Waals surface area contributed by atoms with E-state index in [4.69, 9.17) is 0 Å². The Morgan fingerprint density at radius 1 is 1.36 bits per heavy atom. The maximum absolute atomic E-state index is 13.5. The van der Waals surface area contributed by atoms with Crippen molar-refractivity contribution in [2.24, 2.45) is 0 Å². The topological polar surface area (TPSA) is 25.8 Å². The first kappa shape index (κ1) is 10.4. The van der Waals surface area contributed by atoms with Crippen LogP contribution in [-0.4, -0.2) is 16.1 Å². The number of nitrogens with zero attached hydrogens (tertiary/aromatic N) is 2. The summed E-state index contributed by atoms with van der Waals surface area (Å²) in [6.45, 7) is 0. The highest BCUT2D eigenvalue weighted by Crippen LogP contribution is 2.45. The third kappa shape index (κ3) is 1.95. The molecule has 78 valence electrons. The molecule has 1 atom stereocenters. The van der Waals surface area contributed by atoms with Crippen LogP contribution in [0.15, 0.2) is 3.92 Å². The van der Waals surface area contributed by atoms with Crippen LogP contribution in [0.25, 0.3) is 0 Å². The summed E-state index contributed by atoms with van der Waals surface area (Å²) in [7, 11) is 0. The molecule has 1 fully saturated rings. The lowest BCUT2D eigenvalue weighted by molar-refractivity contribution is -0.0549. The lowest BCUT2D eigenvalue weighted by Gasteiger charge is -2.29. The molecule has 1 unspecified atom stereocenters. The summed E-state index contributed by atoms with van der Waals surface area (Å²) < 4.78 is 27.6. The fourth-order valence-corrected chi connectivity index (χ4v) is 3.10. The highest BCUT2D eigenvalue weighted by molar-refractivity contribution is 9.11. The van der Waals surface area contributed by atoms with Crippen LogP contribution in [0.5, 0.6) is 0 Å². The fourth-order valence-electron chi connectivity index (χ4n) is 1.76. The SMILES string of the molecule is FC1(F)CCCCC1c1nnc(Br)s1. The molecule has 1 aliphatic carbocycles. The van der Waals surface area contributed by atoms with Gasteiger partial charge in [-0.05, 0) is 28.8 Å². The van der Waals surface area contributed by atoms with Gasteiger partial charge >= 0.3 is 0 Å². The van der Waals surface area contributed by atoms with Gasteiger partial charge in [0.25, 0.3) is 5.92 Å². The van der Waals surface area contributed by atoms with Gasteiger partial charge in [0.1, 0.15) is 5.01 Å². The van der Waals surface area contributed by atoms with E-state index in [0.29, 0.717) is 21.8 Å². The van der Waals surface area contributed by atoms with Gasteiger partial charge in [0, 0.05) is 6.42 Å². The number of alkyl halides is 2. The molecule has 1 aromatic rings. The van der Waals surface area contributed by atoms with Crippen molar-refractivity contribution in [3.63, 3.8) is 0 Å². The van der Waals surface area contributed by atoms with Gasteiger partial charge < -0.3 is 0 Å². The minimum atomic E-state index is -2.60. The average molecular weight is 283 g/mol.